The molecule has 0 saturated carbocycles. The molecule has 0 spiro atoms. The van der Waals surface area contributed by atoms with Crippen LogP contribution < -0.4 is 0 Å². The Morgan fingerprint density at radius 3 is 2.38 bits per heavy atom. The third kappa shape index (κ3) is 4.75. The van der Waals surface area contributed by atoms with Crippen LogP contribution in [-0.4, -0.2) is 43.5 Å². The van der Waals surface area contributed by atoms with Crippen molar-refractivity contribution >= 4 is 14.3 Å². The van der Waals surface area contributed by atoms with Gasteiger partial charge in [0, 0.05) is 31.7 Å². The van der Waals surface area contributed by atoms with Crippen molar-refractivity contribution in [1.82, 2.24) is 4.90 Å². The van der Waals surface area contributed by atoms with Gasteiger partial charge in [0.25, 0.3) is 0 Å². The zero-order chi connectivity index (χ0) is 19.5. The Hall–Kier alpha value is -1.17. The van der Waals surface area contributed by atoms with Crippen molar-refractivity contribution in [3.8, 4) is 0 Å². The lowest BCUT2D eigenvalue weighted by atomic mass is 9.90. The summed E-state index contributed by atoms with van der Waals surface area (Å²) >= 11 is 0. The number of benzene rings is 1. The Balaban J connectivity index is 2.13. The summed E-state index contributed by atoms with van der Waals surface area (Å²) in [6.07, 6.45) is 0.848. The number of carbonyl (C=O) groups is 1. The smallest absolute Gasteiger partial charge is 0.308 e. The van der Waals surface area contributed by atoms with E-state index in [1.807, 2.05) is 18.2 Å². The first-order valence-corrected chi connectivity index (χ1v) is 12.6. The maximum Gasteiger partial charge on any atom is 0.308 e. The van der Waals surface area contributed by atoms with Crippen LogP contribution in [0.1, 0.15) is 39.7 Å². The molecule has 1 N–H and O–H groups in total. The van der Waals surface area contributed by atoms with Gasteiger partial charge in [-0.2, -0.15) is 0 Å². The third-order valence-electron chi connectivity index (χ3n) is 6.26. The lowest BCUT2D eigenvalue weighted by Gasteiger charge is -2.37. The molecule has 1 aromatic rings. The van der Waals surface area contributed by atoms with E-state index in [4.69, 9.17) is 4.43 Å². The number of nitrogens with zero attached hydrogens (tertiary/aromatic N) is 1. The Morgan fingerprint density at radius 1 is 1.27 bits per heavy atom. The highest BCUT2D eigenvalue weighted by molar-refractivity contribution is 6.74. The summed E-state index contributed by atoms with van der Waals surface area (Å²) in [4.78, 5) is 14.4. The Kier molecular flexibility index (Phi) is 6.69. The Morgan fingerprint density at radius 2 is 1.88 bits per heavy atom. The number of likely N-dealkylation sites (tertiary alicyclic amines) is 1. The van der Waals surface area contributed by atoms with Crippen molar-refractivity contribution in [2.45, 2.75) is 64.8 Å². The first-order chi connectivity index (χ1) is 12.1. The molecule has 0 aromatic heterocycles. The molecule has 3 unspecified atom stereocenters. The minimum absolute atomic E-state index is 0.0512. The quantitative estimate of drug-likeness (QED) is 0.705. The minimum atomic E-state index is -1.88. The van der Waals surface area contributed by atoms with Gasteiger partial charge in [-0.1, -0.05) is 58.0 Å². The predicted molar refractivity (Wildman–Crippen MR) is 109 cm³/mol. The largest absolute Gasteiger partial charge is 0.481 e. The molecule has 26 heavy (non-hydrogen) atoms. The van der Waals surface area contributed by atoms with Crippen LogP contribution in [0.5, 0.6) is 0 Å². The van der Waals surface area contributed by atoms with Crippen molar-refractivity contribution in [1.29, 1.82) is 0 Å². The summed E-state index contributed by atoms with van der Waals surface area (Å²) in [5, 5.41) is 10.0. The van der Waals surface area contributed by atoms with Crippen LogP contribution in [0.15, 0.2) is 30.3 Å². The highest BCUT2D eigenvalue weighted by atomic mass is 28.4. The lowest BCUT2D eigenvalue weighted by molar-refractivity contribution is -0.144. The van der Waals surface area contributed by atoms with Crippen LogP contribution in [0, 0.1) is 11.8 Å². The number of carboxylic acids is 1. The molecule has 1 aromatic carbocycles. The Labute approximate surface area is 159 Å². The topological polar surface area (TPSA) is 49.8 Å². The van der Waals surface area contributed by atoms with Gasteiger partial charge in [0.2, 0.25) is 0 Å². The van der Waals surface area contributed by atoms with E-state index in [2.05, 4.69) is 57.8 Å². The molecule has 1 aliphatic rings. The van der Waals surface area contributed by atoms with E-state index in [-0.39, 0.29) is 22.9 Å². The average Bonchev–Trinajstić information content (AvgIpc) is 2.90. The van der Waals surface area contributed by atoms with Gasteiger partial charge in [-0.15, -0.1) is 0 Å². The monoisotopic (exact) mass is 377 g/mol. The van der Waals surface area contributed by atoms with E-state index < -0.39 is 14.3 Å². The van der Waals surface area contributed by atoms with Crippen LogP contribution >= 0.6 is 0 Å². The molecular formula is C21H35NO3Si. The molecule has 1 fully saturated rings. The van der Waals surface area contributed by atoms with Gasteiger partial charge >= 0.3 is 5.97 Å². The van der Waals surface area contributed by atoms with Gasteiger partial charge in [-0.3, -0.25) is 9.69 Å². The van der Waals surface area contributed by atoms with Gasteiger partial charge in [0.05, 0.1) is 5.92 Å². The van der Waals surface area contributed by atoms with Crippen molar-refractivity contribution in [3.05, 3.63) is 35.9 Å². The van der Waals surface area contributed by atoms with E-state index in [0.29, 0.717) is 6.61 Å². The fraction of sp³-hybridized carbons (Fsp3) is 0.667. The summed E-state index contributed by atoms with van der Waals surface area (Å²) in [6, 6.07) is 10.4. The molecule has 1 aliphatic heterocycles. The number of hydrogen-bond donors (Lipinski definition) is 1. The second-order valence-electron chi connectivity index (χ2n) is 9.09. The van der Waals surface area contributed by atoms with Gasteiger partial charge in [-0.25, -0.2) is 0 Å². The van der Waals surface area contributed by atoms with Gasteiger partial charge in [-0.05, 0) is 30.1 Å². The van der Waals surface area contributed by atoms with Gasteiger partial charge in [0.15, 0.2) is 8.32 Å². The van der Waals surface area contributed by atoms with Crippen LogP contribution in [0.4, 0.5) is 0 Å². The van der Waals surface area contributed by atoms with Crippen LogP contribution in [0.25, 0.3) is 0 Å². The molecule has 4 nitrogen and oxygen atoms in total. The summed E-state index contributed by atoms with van der Waals surface area (Å²) in [6.45, 7) is 15.4. The van der Waals surface area contributed by atoms with Crippen LogP contribution in [0.2, 0.25) is 18.1 Å². The third-order valence-corrected chi connectivity index (χ3v) is 10.8. The molecule has 3 atom stereocenters. The summed E-state index contributed by atoms with van der Waals surface area (Å²) in [5.41, 5.74) is 1.24. The summed E-state index contributed by atoms with van der Waals surface area (Å²) in [7, 11) is -1.88. The van der Waals surface area contributed by atoms with Crippen molar-refractivity contribution in [3.63, 3.8) is 0 Å². The fourth-order valence-corrected chi connectivity index (χ4v) is 4.72. The SMILES string of the molecule is CCC1C(C(=O)O)C(CO[Si](C)(C)C(C)(C)C)CN1Cc1ccccc1. The van der Waals surface area contributed by atoms with E-state index in [9.17, 15) is 9.90 Å². The number of aliphatic carboxylic acids is 1. The van der Waals surface area contributed by atoms with Gasteiger partial charge < -0.3 is 9.53 Å². The molecule has 1 heterocycles. The first-order valence-electron chi connectivity index (χ1n) is 9.71. The first kappa shape index (κ1) is 21.1. The number of hydrogen-bond acceptors (Lipinski definition) is 3. The standard InChI is InChI=1S/C21H35NO3Si/c1-7-18-19(20(23)24)17(15-25-26(5,6)21(2,3)4)14-22(18)13-16-11-9-8-10-12-16/h8-12,17-19H,7,13-15H2,1-6H3,(H,23,24). The molecule has 2 rings (SSSR count). The normalized spacial score (nSPS) is 24.8. The zero-order valence-corrected chi connectivity index (χ0v) is 18.2. The molecule has 0 radical (unpaired) electrons. The number of rotatable bonds is 7. The van der Waals surface area contributed by atoms with E-state index in [1.54, 1.807) is 0 Å². The second kappa shape index (κ2) is 8.24. The maximum absolute atomic E-state index is 12.0. The molecule has 0 amide bonds. The van der Waals surface area contributed by atoms with Crippen molar-refractivity contribution in [2.24, 2.45) is 11.8 Å². The fourth-order valence-electron chi connectivity index (χ4n) is 3.66. The lowest BCUT2D eigenvalue weighted by Crippen LogP contribution is -2.43. The molecule has 5 heteroatoms. The molecule has 1 saturated heterocycles. The Bertz CT molecular complexity index is 597. The predicted octanol–water partition coefficient (Wildman–Crippen LogP) is 4.62. The van der Waals surface area contributed by atoms with Crippen molar-refractivity contribution < 1.29 is 14.3 Å². The van der Waals surface area contributed by atoms with Crippen LogP contribution in [-0.2, 0) is 15.8 Å². The van der Waals surface area contributed by atoms with Crippen LogP contribution in [0.3, 0.4) is 0 Å². The van der Waals surface area contributed by atoms with E-state index in [1.165, 1.54) is 5.56 Å². The summed E-state index contributed by atoms with van der Waals surface area (Å²) in [5.74, 6) is -0.986. The number of carboxylic acid groups (broad SMARTS) is 1. The molecule has 0 aliphatic carbocycles. The average molecular weight is 378 g/mol. The summed E-state index contributed by atoms with van der Waals surface area (Å²) < 4.78 is 6.40. The second-order valence-corrected chi connectivity index (χ2v) is 13.9. The highest BCUT2D eigenvalue weighted by Gasteiger charge is 2.46. The minimum Gasteiger partial charge on any atom is -0.481 e. The van der Waals surface area contributed by atoms with E-state index in [0.717, 1.165) is 19.5 Å². The maximum atomic E-state index is 12.0. The zero-order valence-electron chi connectivity index (χ0n) is 17.2. The molecule has 0 bridgehead atoms. The van der Waals surface area contributed by atoms with Gasteiger partial charge in [0.1, 0.15) is 0 Å². The van der Waals surface area contributed by atoms with E-state index >= 15 is 0 Å². The molecular weight excluding hydrogens is 342 g/mol. The molecule has 146 valence electrons. The van der Waals surface area contributed by atoms with Crippen molar-refractivity contribution in [2.75, 3.05) is 13.2 Å². The highest BCUT2D eigenvalue weighted by Crippen LogP contribution is 2.39.